The maximum absolute atomic E-state index is 12.9. The van der Waals surface area contributed by atoms with Crippen LogP contribution in [0, 0.1) is 0 Å². The summed E-state index contributed by atoms with van der Waals surface area (Å²) < 4.78 is 29.0. The molecule has 2 N–H and O–H groups in total. The average molecular weight is 490 g/mol. The van der Waals surface area contributed by atoms with Crippen LogP contribution in [0.3, 0.4) is 0 Å². The van der Waals surface area contributed by atoms with Gasteiger partial charge in [-0.15, -0.1) is 0 Å². The first kappa shape index (κ1) is 19.6. The summed E-state index contributed by atoms with van der Waals surface area (Å²) in [5.74, 6) is 0.383. The maximum Gasteiger partial charge on any atom is 0.263 e. The molecule has 0 amide bonds. The molecule has 9 heteroatoms. The van der Waals surface area contributed by atoms with Gasteiger partial charge in [-0.25, -0.2) is 18.4 Å². The molecule has 4 aromatic rings. The molecule has 0 spiro atoms. The Morgan fingerprint density at radius 2 is 1.38 bits per heavy atom. The molecule has 29 heavy (non-hydrogen) atoms. The van der Waals surface area contributed by atoms with Crippen LogP contribution in [0.5, 0.6) is 0 Å². The predicted octanol–water partition coefficient (Wildman–Crippen LogP) is 5.59. The fourth-order valence-electron chi connectivity index (χ4n) is 2.63. The topological polar surface area (TPSA) is 84.0 Å². The third kappa shape index (κ3) is 4.50. The number of anilines is 3. The number of hydrogen-bond donors (Lipinski definition) is 2. The average Bonchev–Trinajstić information content (AvgIpc) is 2.70. The van der Waals surface area contributed by atoms with Gasteiger partial charge in [-0.05, 0) is 60.7 Å². The van der Waals surface area contributed by atoms with E-state index in [0.29, 0.717) is 21.7 Å². The summed E-state index contributed by atoms with van der Waals surface area (Å²) in [4.78, 5) is 9.13. The molecule has 0 aliphatic carbocycles. The van der Waals surface area contributed by atoms with Crippen molar-refractivity contribution in [2.45, 2.75) is 4.90 Å². The molecular formula is C20H14BrClN4O2S. The molecule has 0 bridgehead atoms. The van der Waals surface area contributed by atoms with Gasteiger partial charge < -0.3 is 5.32 Å². The summed E-state index contributed by atoms with van der Waals surface area (Å²) in [5.41, 5.74) is 1.90. The number of benzene rings is 3. The highest BCUT2D eigenvalue weighted by Crippen LogP contribution is 2.28. The number of sulfonamides is 1. The van der Waals surface area contributed by atoms with Gasteiger partial charge in [0.25, 0.3) is 10.0 Å². The first-order chi connectivity index (χ1) is 13.9. The number of nitrogens with zero attached hydrogens (tertiary/aromatic N) is 2. The number of halogens is 2. The van der Waals surface area contributed by atoms with Crippen LogP contribution in [-0.4, -0.2) is 18.4 Å². The molecule has 0 radical (unpaired) electrons. The number of aromatic nitrogens is 2. The fraction of sp³-hybridized carbons (Fsp3) is 0. The molecule has 0 aliphatic rings. The quantitative estimate of drug-likeness (QED) is 0.382. The van der Waals surface area contributed by atoms with E-state index < -0.39 is 10.0 Å². The van der Waals surface area contributed by atoms with Crippen LogP contribution in [-0.2, 0) is 10.0 Å². The van der Waals surface area contributed by atoms with Gasteiger partial charge in [-0.1, -0.05) is 39.7 Å². The molecule has 3 aromatic carbocycles. The van der Waals surface area contributed by atoms with E-state index in [2.05, 4.69) is 35.9 Å². The van der Waals surface area contributed by atoms with Gasteiger partial charge >= 0.3 is 0 Å². The van der Waals surface area contributed by atoms with Crippen molar-refractivity contribution < 1.29 is 8.42 Å². The molecule has 0 fully saturated rings. The van der Waals surface area contributed by atoms with Gasteiger partial charge in [0.15, 0.2) is 11.6 Å². The lowest BCUT2D eigenvalue weighted by Crippen LogP contribution is -2.16. The first-order valence-electron chi connectivity index (χ1n) is 8.48. The lowest BCUT2D eigenvalue weighted by Gasteiger charge is -2.14. The van der Waals surface area contributed by atoms with Crippen molar-refractivity contribution in [2.24, 2.45) is 0 Å². The zero-order valence-corrected chi connectivity index (χ0v) is 18.0. The van der Waals surface area contributed by atoms with Crippen LogP contribution in [0.1, 0.15) is 0 Å². The number of hydrogen-bond acceptors (Lipinski definition) is 5. The van der Waals surface area contributed by atoms with Crippen molar-refractivity contribution in [3.05, 3.63) is 82.3 Å². The van der Waals surface area contributed by atoms with Gasteiger partial charge in [0.2, 0.25) is 0 Å². The highest BCUT2D eigenvalue weighted by atomic mass is 79.9. The SMILES string of the molecule is O=S(=O)(Nc1nc2ccccc2nc1Nc1ccc(Cl)cc1)c1ccc(Br)cc1. The Hall–Kier alpha value is -2.68. The van der Waals surface area contributed by atoms with Gasteiger partial charge in [0.1, 0.15) is 0 Å². The Bertz CT molecular complexity index is 1280. The van der Waals surface area contributed by atoms with Crippen LogP contribution in [0.4, 0.5) is 17.3 Å². The summed E-state index contributed by atoms with van der Waals surface area (Å²) >= 11 is 9.24. The molecule has 1 heterocycles. The van der Waals surface area contributed by atoms with E-state index in [0.717, 1.165) is 4.47 Å². The third-order valence-electron chi connectivity index (χ3n) is 4.03. The van der Waals surface area contributed by atoms with Crippen molar-refractivity contribution in [1.82, 2.24) is 9.97 Å². The molecule has 0 aliphatic heterocycles. The minimum atomic E-state index is -3.85. The second-order valence-electron chi connectivity index (χ2n) is 6.10. The van der Waals surface area contributed by atoms with Crippen molar-refractivity contribution >= 4 is 65.9 Å². The van der Waals surface area contributed by atoms with E-state index in [4.69, 9.17) is 11.6 Å². The van der Waals surface area contributed by atoms with Crippen LogP contribution < -0.4 is 10.0 Å². The highest BCUT2D eigenvalue weighted by Gasteiger charge is 2.19. The number of fused-ring (bicyclic) bond motifs is 1. The Balaban J connectivity index is 1.77. The second kappa shape index (κ2) is 7.98. The molecule has 146 valence electrons. The molecule has 0 unspecified atom stereocenters. The lowest BCUT2D eigenvalue weighted by molar-refractivity contribution is 0.601. The van der Waals surface area contributed by atoms with Gasteiger partial charge in [0.05, 0.1) is 15.9 Å². The predicted molar refractivity (Wildman–Crippen MR) is 119 cm³/mol. The fourth-order valence-corrected chi connectivity index (χ4v) is 4.03. The van der Waals surface area contributed by atoms with Crippen molar-refractivity contribution in [2.75, 3.05) is 10.0 Å². The van der Waals surface area contributed by atoms with Crippen molar-refractivity contribution in [1.29, 1.82) is 0 Å². The van der Waals surface area contributed by atoms with E-state index in [9.17, 15) is 8.42 Å². The van der Waals surface area contributed by atoms with Gasteiger partial charge in [-0.3, -0.25) is 4.72 Å². The smallest absolute Gasteiger partial charge is 0.263 e. The minimum Gasteiger partial charge on any atom is -0.337 e. The number of nitrogens with one attached hydrogen (secondary N) is 2. The Morgan fingerprint density at radius 3 is 2.00 bits per heavy atom. The van der Waals surface area contributed by atoms with E-state index in [-0.39, 0.29) is 16.5 Å². The standard InChI is InChI=1S/C20H14BrClN4O2S/c21-13-5-11-16(12-6-13)29(27,28)26-20-19(23-15-9-7-14(22)8-10-15)24-17-3-1-2-4-18(17)25-20/h1-12H,(H,23,24)(H,25,26). The summed E-state index contributed by atoms with van der Waals surface area (Å²) in [6.45, 7) is 0. The van der Waals surface area contributed by atoms with E-state index in [1.165, 1.54) is 12.1 Å². The molecule has 0 saturated carbocycles. The van der Waals surface area contributed by atoms with Gasteiger partial charge in [-0.2, -0.15) is 0 Å². The molecule has 1 aromatic heterocycles. The first-order valence-corrected chi connectivity index (χ1v) is 11.1. The normalized spacial score (nSPS) is 11.4. The molecule has 4 rings (SSSR count). The Kier molecular flexibility index (Phi) is 5.40. The van der Waals surface area contributed by atoms with Crippen LogP contribution in [0.25, 0.3) is 11.0 Å². The van der Waals surface area contributed by atoms with E-state index in [1.54, 1.807) is 42.5 Å². The summed E-state index contributed by atoms with van der Waals surface area (Å²) in [7, 11) is -3.85. The minimum absolute atomic E-state index is 0.0987. The lowest BCUT2D eigenvalue weighted by atomic mass is 10.3. The Morgan fingerprint density at radius 1 is 0.793 bits per heavy atom. The molecule has 6 nitrogen and oxygen atoms in total. The van der Waals surface area contributed by atoms with Gasteiger partial charge in [0, 0.05) is 15.2 Å². The zero-order valence-electron chi connectivity index (χ0n) is 14.8. The van der Waals surface area contributed by atoms with E-state index in [1.807, 2.05) is 18.2 Å². The number of rotatable bonds is 5. The van der Waals surface area contributed by atoms with E-state index >= 15 is 0 Å². The molecule has 0 saturated heterocycles. The van der Waals surface area contributed by atoms with Crippen LogP contribution >= 0.6 is 27.5 Å². The monoisotopic (exact) mass is 488 g/mol. The summed E-state index contributed by atoms with van der Waals surface area (Å²) in [6, 6.07) is 20.6. The summed E-state index contributed by atoms with van der Waals surface area (Å²) in [5, 5.41) is 3.70. The zero-order chi connectivity index (χ0) is 20.4. The largest absolute Gasteiger partial charge is 0.337 e. The van der Waals surface area contributed by atoms with Crippen LogP contribution in [0.2, 0.25) is 5.02 Å². The highest BCUT2D eigenvalue weighted by molar-refractivity contribution is 9.10. The number of para-hydroxylation sites is 2. The van der Waals surface area contributed by atoms with Crippen molar-refractivity contribution in [3.63, 3.8) is 0 Å². The molecule has 0 atom stereocenters. The maximum atomic E-state index is 12.9. The molecular weight excluding hydrogens is 476 g/mol. The third-order valence-corrected chi connectivity index (χ3v) is 6.17. The summed E-state index contributed by atoms with van der Waals surface area (Å²) in [6.07, 6.45) is 0. The van der Waals surface area contributed by atoms with Crippen LogP contribution in [0.15, 0.2) is 82.2 Å². The Labute approximate surface area is 181 Å². The second-order valence-corrected chi connectivity index (χ2v) is 9.14. The van der Waals surface area contributed by atoms with Crippen molar-refractivity contribution in [3.8, 4) is 0 Å².